The van der Waals surface area contributed by atoms with Crippen molar-refractivity contribution in [3.63, 3.8) is 0 Å². The van der Waals surface area contributed by atoms with E-state index in [1.54, 1.807) is 0 Å². The molecule has 82 valence electrons. The van der Waals surface area contributed by atoms with Gasteiger partial charge in [-0.05, 0) is 37.0 Å². The maximum Gasteiger partial charge on any atom is 0.126 e. The first-order valence-electron chi connectivity index (χ1n) is 5.28. The SMILES string of the molecule is CC(NC1CC1C)c1cc(F)cc(F)c1. The smallest absolute Gasteiger partial charge is 0.126 e. The Morgan fingerprint density at radius 1 is 1.27 bits per heavy atom. The number of nitrogens with one attached hydrogen (secondary N) is 1. The Morgan fingerprint density at radius 3 is 2.27 bits per heavy atom. The summed E-state index contributed by atoms with van der Waals surface area (Å²) in [5.74, 6) is -0.337. The monoisotopic (exact) mass is 211 g/mol. The van der Waals surface area contributed by atoms with Crippen LogP contribution in [0.3, 0.4) is 0 Å². The van der Waals surface area contributed by atoms with Crippen molar-refractivity contribution < 1.29 is 8.78 Å². The van der Waals surface area contributed by atoms with E-state index >= 15 is 0 Å². The summed E-state index contributed by atoms with van der Waals surface area (Å²) < 4.78 is 25.9. The molecule has 0 saturated heterocycles. The summed E-state index contributed by atoms with van der Waals surface area (Å²) in [6, 6.07) is 4.17. The first kappa shape index (κ1) is 10.6. The Kier molecular flexibility index (Phi) is 2.74. The molecule has 3 heteroatoms. The molecular formula is C12H15F2N. The quantitative estimate of drug-likeness (QED) is 0.810. The van der Waals surface area contributed by atoms with E-state index in [-0.39, 0.29) is 6.04 Å². The van der Waals surface area contributed by atoms with Gasteiger partial charge in [0, 0.05) is 18.2 Å². The normalized spacial score (nSPS) is 26.4. The van der Waals surface area contributed by atoms with Gasteiger partial charge in [0.1, 0.15) is 11.6 Å². The first-order valence-corrected chi connectivity index (χ1v) is 5.28. The van der Waals surface area contributed by atoms with Crippen LogP contribution in [0.15, 0.2) is 18.2 Å². The second-order valence-electron chi connectivity index (χ2n) is 4.41. The van der Waals surface area contributed by atoms with Crippen LogP contribution in [0.1, 0.15) is 31.9 Å². The molecule has 0 bridgehead atoms. The highest BCUT2D eigenvalue weighted by Crippen LogP contribution is 2.31. The summed E-state index contributed by atoms with van der Waals surface area (Å²) in [6.07, 6.45) is 1.15. The van der Waals surface area contributed by atoms with Crippen molar-refractivity contribution in [1.29, 1.82) is 0 Å². The van der Waals surface area contributed by atoms with Gasteiger partial charge in [0.2, 0.25) is 0 Å². The molecule has 0 spiro atoms. The number of benzene rings is 1. The fourth-order valence-electron chi connectivity index (χ4n) is 1.80. The summed E-state index contributed by atoms with van der Waals surface area (Å²) in [7, 11) is 0. The number of hydrogen-bond acceptors (Lipinski definition) is 1. The van der Waals surface area contributed by atoms with Crippen LogP contribution in [0, 0.1) is 17.6 Å². The van der Waals surface area contributed by atoms with E-state index in [1.807, 2.05) is 6.92 Å². The summed E-state index contributed by atoms with van der Waals surface area (Å²) in [5, 5.41) is 3.34. The zero-order valence-electron chi connectivity index (χ0n) is 8.93. The Hall–Kier alpha value is -0.960. The molecule has 3 unspecified atom stereocenters. The second kappa shape index (κ2) is 3.89. The second-order valence-corrected chi connectivity index (χ2v) is 4.41. The van der Waals surface area contributed by atoms with Gasteiger partial charge in [-0.3, -0.25) is 0 Å². The fourth-order valence-corrected chi connectivity index (χ4v) is 1.80. The molecule has 0 aromatic heterocycles. The van der Waals surface area contributed by atoms with Crippen molar-refractivity contribution in [1.82, 2.24) is 5.32 Å². The molecule has 0 radical (unpaired) electrons. The summed E-state index contributed by atoms with van der Waals surface area (Å²) in [4.78, 5) is 0. The predicted octanol–water partition coefficient (Wildman–Crippen LogP) is 3.02. The maximum atomic E-state index is 13.0. The molecule has 1 aromatic rings. The molecule has 0 heterocycles. The molecule has 1 aliphatic rings. The molecule has 1 nitrogen and oxygen atoms in total. The van der Waals surface area contributed by atoms with Gasteiger partial charge in [-0.15, -0.1) is 0 Å². The lowest BCUT2D eigenvalue weighted by molar-refractivity contribution is 0.533. The Bertz CT molecular complexity index is 344. The van der Waals surface area contributed by atoms with E-state index in [2.05, 4.69) is 12.2 Å². The predicted molar refractivity (Wildman–Crippen MR) is 55.5 cm³/mol. The van der Waals surface area contributed by atoms with Gasteiger partial charge in [-0.25, -0.2) is 8.78 Å². The van der Waals surface area contributed by atoms with E-state index in [9.17, 15) is 8.78 Å². The van der Waals surface area contributed by atoms with Crippen molar-refractivity contribution >= 4 is 0 Å². The molecule has 15 heavy (non-hydrogen) atoms. The van der Waals surface area contributed by atoms with Crippen LogP contribution in [0.25, 0.3) is 0 Å². The van der Waals surface area contributed by atoms with E-state index in [4.69, 9.17) is 0 Å². The van der Waals surface area contributed by atoms with Crippen molar-refractivity contribution in [2.45, 2.75) is 32.4 Å². The molecule has 3 atom stereocenters. The topological polar surface area (TPSA) is 12.0 Å². The van der Waals surface area contributed by atoms with Crippen LogP contribution < -0.4 is 5.32 Å². The zero-order chi connectivity index (χ0) is 11.0. The Morgan fingerprint density at radius 2 is 1.80 bits per heavy atom. The lowest BCUT2D eigenvalue weighted by Crippen LogP contribution is -2.22. The van der Waals surface area contributed by atoms with Crippen LogP contribution >= 0.6 is 0 Å². The van der Waals surface area contributed by atoms with Crippen LogP contribution in [0.2, 0.25) is 0 Å². The van der Waals surface area contributed by atoms with E-state index < -0.39 is 11.6 Å². The van der Waals surface area contributed by atoms with Gasteiger partial charge in [0.15, 0.2) is 0 Å². The standard InChI is InChI=1S/C12H15F2N/c1-7-3-12(7)15-8(2)9-4-10(13)6-11(14)5-9/h4-8,12,15H,3H2,1-2H3. The lowest BCUT2D eigenvalue weighted by atomic mass is 10.1. The first-order chi connectivity index (χ1) is 7.06. The van der Waals surface area contributed by atoms with Gasteiger partial charge >= 0.3 is 0 Å². The van der Waals surface area contributed by atoms with Gasteiger partial charge in [0.25, 0.3) is 0 Å². The van der Waals surface area contributed by atoms with Crippen molar-refractivity contribution in [2.24, 2.45) is 5.92 Å². The summed E-state index contributed by atoms with van der Waals surface area (Å²) in [5.41, 5.74) is 0.673. The maximum absolute atomic E-state index is 13.0. The summed E-state index contributed by atoms with van der Waals surface area (Å²) in [6.45, 7) is 4.09. The molecule has 1 aromatic carbocycles. The molecule has 1 fully saturated rings. The Labute approximate surface area is 88.5 Å². The van der Waals surface area contributed by atoms with Crippen molar-refractivity contribution in [2.75, 3.05) is 0 Å². The van der Waals surface area contributed by atoms with Crippen LogP contribution in [0.5, 0.6) is 0 Å². The van der Waals surface area contributed by atoms with Crippen molar-refractivity contribution in [3.05, 3.63) is 35.4 Å². The average molecular weight is 211 g/mol. The molecule has 1 aliphatic carbocycles. The van der Waals surface area contributed by atoms with Gasteiger partial charge in [0.05, 0.1) is 0 Å². The number of halogens is 2. The van der Waals surface area contributed by atoms with Crippen LogP contribution in [0.4, 0.5) is 8.78 Å². The van der Waals surface area contributed by atoms with Crippen LogP contribution in [-0.4, -0.2) is 6.04 Å². The highest BCUT2D eigenvalue weighted by atomic mass is 19.1. The average Bonchev–Trinajstić information content (AvgIpc) is 2.79. The molecule has 0 aliphatic heterocycles. The molecule has 1 saturated carbocycles. The number of hydrogen-bond donors (Lipinski definition) is 1. The highest BCUT2D eigenvalue weighted by molar-refractivity contribution is 5.21. The van der Waals surface area contributed by atoms with Gasteiger partial charge < -0.3 is 5.32 Å². The minimum absolute atomic E-state index is 0.00477. The largest absolute Gasteiger partial charge is 0.307 e. The van der Waals surface area contributed by atoms with Gasteiger partial charge in [-0.2, -0.15) is 0 Å². The third-order valence-corrected chi connectivity index (χ3v) is 2.96. The van der Waals surface area contributed by atoms with E-state index in [1.165, 1.54) is 12.1 Å². The third-order valence-electron chi connectivity index (χ3n) is 2.96. The number of rotatable bonds is 3. The lowest BCUT2D eigenvalue weighted by Gasteiger charge is -2.14. The molecule has 1 N–H and O–H groups in total. The van der Waals surface area contributed by atoms with E-state index in [0.29, 0.717) is 17.5 Å². The van der Waals surface area contributed by atoms with Crippen molar-refractivity contribution in [3.8, 4) is 0 Å². The highest BCUT2D eigenvalue weighted by Gasteiger charge is 2.33. The summed E-state index contributed by atoms with van der Waals surface area (Å²) >= 11 is 0. The van der Waals surface area contributed by atoms with Gasteiger partial charge in [-0.1, -0.05) is 6.92 Å². The molecule has 0 amide bonds. The Balaban J connectivity index is 2.07. The molecular weight excluding hydrogens is 196 g/mol. The fraction of sp³-hybridized carbons (Fsp3) is 0.500. The minimum atomic E-state index is -0.512. The molecule has 2 rings (SSSR count). The minimum Gasteiger partial charge on any atom is -0.307 e. The zero-order valence-corrected chi connectivity index (χ0v) is 8.93. The van der Waals surface area contributed by atoms with E-state index in [0.717, 1.165) is 12.5 Å². The van der Waals surface area contributed by atoms with Crippen LogP contribution in [-0.2, 0) is 0 Å². The third kappa shape index (κ3) is 2.53.